The van der Waals surface area contributed by atoms with Crippen LogP contribution in [-0.4, -0.2) is 23.0 Å². The van der Waals surface area contributed by atoms with Gasteiger partial charge in [0.2, 0.25) is 0 Å². The molecule has 5 heteroatoms. The van der Waals surface area contributed by atoms with E-state index in [0.29, 0.717) is 12.8 Å². The van der Waals surface area contributed by atoms with Gasteiger partial charge in [-0.15, -0.1) is 11.3 Å². The molecule has 0 saturated heterocycles. The number of aliphatic carboxylic acids is 1. The molecule has 1 atom stereocenters. The molecular weight excluding hydrogens is 322 g/mol. The third kappa shape index (κ3) is 4.23. The van der Waals surface area contributed by atoms with Crippen molar-refractivity contribution < 1.29 is 14.7 Å². The molecule has 0 spiro atoms. The lowest BCUT2D eigenvalue weighted by Gasteiger charge is -2.18. The summed E-state index contributed by atoms with van der Waals surface area (Å²) in [5.74, 6) is -0.918. The number of thiophene rings is 1. The Hall–Kier alpha value is -2.14. The summed E-state index contributed by atoms with van der Waals surface area (Å²) in [6.07, 6.45) is 4.44. The molecule has 4 nitrogen and oxygen atoms in total. The highest BCUT2D eigenvalue weighted by Gasteiger charge is 2.21. The van der Waals surface area contributed by atoms with Gasteiger partial charge in [-0.3, -0.25) is 9.59 Å². The number of nitrogens with one attached hydrogen (secondary N) is 1. The predicted molar refractivity (Wildman–Crippen MR) is 94.6 cm³/mol. The Kier molecular flexibility index (Phi) is 5.30. The maximum Gasteiger partial charge on any atom is 0.303 e. The Morgan fingerprint density at radius 1 is 1.21 bits per heavy atom. The standard InChI is InChI=1S/C19H21NO3S/c21-18(22)10-9-15(11-13-5-2-1-3-6-13)20-19(23)17-12-14-7-4-8-16(14)24-17/h1-3,5-6,12,15H,4,7-11H2,(H,20,23)(H,21,22). The van der Waals surface area contributed by atoms with E-state index >= 15 is 0 Å². The normalized spacial score (nSPS) is 14.2. The molecule has 1 heterocycles. The second kappa shape index (κ2) is 7.62. The fourth-order valence-corrected chi connectivity index (χ4v) is 4.28. The first kappa shape index (κ1) is 16.7. The summed E-state index contributed by atoms with van der Waals surface area (Å²) in [6.45, 7) is 0. The fourth-order valence-electron chi connectivity index (χ4n) is 3.12. The van der Waals surface area contributed by atoms with E-state index in [1.165, 1.54) is 16.9 Å². The molecule has 0 aliphatic heterocycles. The molecule has 2 N–H and O–H groups in total. The van der Waals surface area contributed by atoms with Crippen molar-refractivity contribution in [3.63, 3.8) is 0 Å². The minimum atomic E-state index is -0.836. The van der Waals surface area contributed by atoms with Crippen LogP contribution in [0.2, 0.25) is 0 Å². The SMILES string of the molecule is O=C(O)CCC(Cc1ccccc1)NC(=O)c1cc2c(s1)CCC2. The molecule has 0 bridgehead atoms. The van der Waals surface area contributed by atoms with Crippen LogP contribution in [0.4, 0.5) is 0 Å². The van der Waals surface area contributed by atoms with Gasteiger partial charge in [-0.05, 0) is 49.3 Å². The third-order valence-electron chi connectivity index (χ3n) is 4.34. The summed E-state index contributed by atoms with van der Waals surface area (Å²) in [4.78, 5) is 25.5. The van der Waals surface area contributed by atoms with E-state index in [1.54, 1.807) is 11.3 Å². The van der Waals surface area contributed by atoms with E-state index in [9.17, 15) is 9.59 Å². The van der Waals surface area contributed by atoms with Gasteiger partial charge < -0.3 is 10.4 Å². The minimum Gasteiger partial charge on any atom is -0.481 e. The lowest BCUT2D eigenvalue weighted by atomic mass is 10.0. The molecule has 126 valence electrons. The van der Waals surface area contributed by atoms with E-state index in [1.807, 2.05) is 36.4 Å². The Morgan fingerprint density at radius 2 is 2.00 bits per heavy atom. The van der Waals surface area contributed by atoms with Crippen LogP contribution < -0.4 is 5.32 Å². The molecule has 1 aliphatic carbocycles. The van der Waals surface area contributed by atoms with Crippen molar-refractivity contribution in [3.05, 3.63) is 57.3 Å². The molecule has 1 amide bonds. The first-order valence-corrected chi connectivity index (χ1v) is 9.11. The zero-order chi connectivity index (χ0) is 16.9. The number of benzene rings is 1. The number of carbonyl (C=O) groups excluding carboxylic acids is 1. The first-order chi connectivity index (χ1) is 11.6. The molecular formula is C19H21NO3S. The second-order valence-electron chi connectivity index (χ2n) is 6.21. The van der Waals surface area contributed by atoms with Crippen molar-refractivity contribution in [1.82, 2.24) is 5.32 Å². The summed E-state index contributed by atoms with van der Waals surface area (Å²) >= 11 is 1.57. The van der Waals surface area contributed by atoms with E-state index < -0.39 is 5.97 Å². The van der Waals surface area contributed by atoms with Gasteiger partial charge in [0.15, 0.2) is 0 Å². The largest absolute Gasteiger partial charge is 0.481 e. The quantitative estimate of drug-likeness (QED) is 0.809. The maximum atomic E-state index is 12.5. The number of hydrogen-bond donors (Lipinski definition) is 2. The van der Waals surface area contributed by atoms with Crippen molar-refractivity contribution in [2.45, 2.75) is 44.6 Å². The average Bonchev–Trinajstić information content (AvgIpc) is 3.15. The molecule has 2 aromatic rings. The summed E-state index contributed by atoms with van der Waals surface area (Å²) in [5.41, 5.74) is 2.40. The smallest absolute Gasteiger partial charge is 0.303 e. The van der Waals surface area contributed by atoms with Crippen molar-refractivity contribution in [2.75, 3.05) is 0 Å². The molecule has 1 unspecified atom stereocenters. The zero-order valence-electron chi connectivity index (χ0n) is 13.5. The topological polar surface area (TPSA) is 66.4 Å². The van der Waals surface area contributed by atoms with E-state index in [4.69, 9.17) is 5.11 Å². The van der Waals surface area contributed by atoms with Gasteiger partial charge in [0, 0.05) is 17.3 Å². The number of carboxylic acids is 1. The number of hydrogen-bond acceptors (Lipinski definition) is 3. The van der Waals surface area contributed by atoms with Crippen LogP contribution in [0.1, 0.15) is 44.9 Å². The minimum absolute atomic E-state index is 0.0543. The highest BCUT2D eigenvalue weighted by atomic mass is 32.1. The number of carbonyl (C=O) groups is 2. The van der Waals surface area contributed by atoms with Crippen LogP contribution in [0.15, 0.2) is 36.4 Å². The number of carboxylic acid groups (broad SMARTS) is 1. The second-order valence-corrected chi connectivity index (χ2v) is 7.34. The van der Waals surface area contributed by atoms with Crippen LogP contribution >= 0.6 is 11.3 Å². The van der Waals surface area contributed by atoms with E-state index in [2.05, 4.69) is 5.32 Å². The van der Waals surface area contributed by atoms with Crippen LogP contribution in [0.3, 0.4) is 0 Å². The molecule has 0 radical (unpaired) electrons. The number of rotatable bonds is 7. The van der Waals surface area contributed by atoms with Gasteiger partial charge >= 0.3 is 5.97 Å². The third-order valence-corrected chi connectivity index (χ3v) is 5.57. The number of amides is 1. The summed E-state index contributed by atoms with van der Waals surface area (Å²) < 4.78 is 0. The van der Waals surface area contributed by atoms with Crippen LogP contribution in [0.25, 0.3) is 0 Å². The lowest BCUT2D eigenvalue weighted by Crippen LogP contribution is -2.36. The lowest BCUT2D eigenvalue weighted by molar-refractivity contribution is -0.137. The Labute approximate surface area is 145 Å². The van der Waals surface area contributed by atoms with Crippen molar-refractivity contribution in [1.29, 1.82) is 0 Å². The molecule has 1 aliphatic rings. The predicted octanol–water partition coefficient (Wildman–Crippen LogP) is 3.44. The summed E-state index contributed by atoms with van der Waals surface area (Å²) in [6, 6.07) is 11.7. The molecule has 0 saturated carbocycles. The Balaban J connectivity index is 1.67. The molecule has 1 aromatic carbocycles. The summed E-state index contributed by atoms with van der Waals surface area (Å²) in [7, 11) is 0. The van der Waals surface area contributed by atoms with Crippen molar-refractivity contribution >= 4 is 23.2 Å². The van der Waals surface area contributed by atoms with Crippen LogP contribution in [0, 0.1) is 0 Å². The van der Waals surface area contributed by atoms with Crippen LogP contribution in [-0.2, 0) is 24.1 Å². The number of aryl methyl sites for hydroxylation is 2. The van der Waals surface area contributed by atoms with Gasteiger partial charge in [0.05, 0.1) is 4.88 Å². The average molecular weight is 343 g/mol. The first-order valence-electron chi connectivity index (χ1n) is 8.30. The molecule has 3 rings (SSSR count). The summed E-state index contributed by atoms with van der Waals surface area (Å²) in [5, 5.41) is 12.0. The Morgan fingerprint density at radius 3 is 2.71 bits per heavy atom. The van der Waals surface area contributed by atoms with Gasteiger partial charge in [-0.25, -0.2) is 0 Å². The molecule has 1 aromatic heterocycles. The van der Waals surface area contributed by atoms with Gasteiger partial charge in [-0.1, -0.05) is 30.3 Å². The van der Waals surface area contributed by atoms with Gasteiger partial charge in [0.1, 0.15) is 0 Å². The van der Waals surface area contributed by atoms with Gasteiger partial charge in [-0.2, -0.15) is 0 Å². The zero-order valence-corrected chi connectivity index (χ0v) is 14.3. The highest BCUT2D eigenvalue weighted by Crippen LogP contribution is 2.30. The van der Waals surface area contributed by atoms with E-state index in [0.717, 1.165) is 23.3 Å². The fraction of sp³-hybridized carbons (Fsp3) is 0.368. The highest BCUT2D eigenvalue weighted by molar-refractivity contribution is 7.14. The monoisotopic (exact) mass is 343 g/mol. The van der Waals surface area contributed by atoms with Crippen LogP contribution in [0.5, 0.6) is 0 Å². The van der Waals surface area contributed by atoms with Gasteiger partial charge in [0.25, 0.3) is 5.91 Å². The van der Waals surface area contributed by atoms with E-state index in [-0.39, 0.29) is 18.4 Å². The Bertz CT molecular complexity index is 702. The van der Waals surface area contributed by atoms with Crippen molar-refractivity contribution in [3.8, 4) is 0 Å². The molecule has 24 heavy (non-hydrogen) atoms. The molecule has 0 fully saturated rings. The maximum absolute atomic E-state index is 12.5. The number of fused-ring (bicyclic) bond motifs is 1. The van der Waals surface area contributed by atoms with Crippen molar-refractivity contribution in [2.24, 2.45) is 0 Å².